The molecule has 0 heterocycles. The highest BCUT2D eigenvalue weighted by molar-refractivity contribution is 5.37. The van der Waals surface area contributed by atoms with Gasteiger partial charge in [0.25, 0.3) is 6.47 Å². The second kappa shape index (κ2) is 4.12. The zero-order chi connectivity index (χ0) is 9.90. The smallest absolute Gasteiger partial charge is 0.293 e. The van der Waals surface area contributed by atoms with Gasteiger partial charge in [-0.1, -0.05) is 27.2 Å². The van der Waals surface area contributed by atoms with Crippen molar-refractivity contribution in [1.29, 1.82) is 0 Å². The predicted octanol–water partition coefficient (Wildman–Crippen LogP) is 2.76. The molecule has 1 rings (SSSR count). The van der Waals surface area contributed by atoms with Crippen LogP contribution in [0.3, 0.4) is 0 Å². The molecule has 0 aromatic rings. The fraction of sp³-hybridized carbons (Fsp3) is 0.909. The molecule has 2 atom stereocenters. The molecule has 0 amide bonds. The van der Waals surface area contributed by atoms with Crippen LogP contribution in [0.5, 0.6) is 0 Å². The van der Waals surface area contributed by atoms with Gasteiger partial charge in [0.05, 0.1) is 0 Å². The summed E-state index contributed by atoms with van der Waals surface area (Å²) in [7, 11) is 0. The third-order valence-corrected chi connectivity index (χ3v) is 3.13. The largest absolute Gasteiger partial charge is 0.464 e. The highest BCUT2D eigenvalue weighted by Crippen LogP contribution is 2.37. The first-order valence-corrected chi connectivity index (χ1v) is 5.14. The van der Waals surface area contributed by atoms with Crippen molar-refractivity contribution in [3.8, 4) is 0 Å². The number of hydrogen-bond donors (Lipinski definition) is 0. The normalized spacial score (nSPS) is 33.5. The van der Waals surface area contributed by atoms with Crippen molar-refractivity contribution in [3.63, 3.8) is 0 Å². The maximum atomic E-state index is 10.3. The summed E-state index contributed by atoms with van der Waals surface area (Å²) in [6, 6.07) is 0. The van der Waals surface area contributed by atoms with Crippen molar-refractivity contribution < 1.29 is 9.53 Å². The van der Waals surface area contributed by atoms with Crippen LogP contribution in [0.4, 0.5) is 0 Å². The van der Waals surface area contributed by atoms with Crippen LogP contribution in [-0.4, -0.2) is 12.6 Å². The molecular formula is C11H20O2. The molecular weight excluding hydrogens is 164 g/mol. The van der Waals surface area contributed by atoms with Crippen LogP contribution in [0.25, 0.3) is 0 Å². The monoisotopic (exact) mass is 184 g/mol. The summed E-state index contributed by atoms with van der Waals surface area (Å²) in [5, 5.41) is 0. The standard InChI is InChI=1S/C11H20O2/c1-9-5-4-6-11(2,3)7-10(9)13-8-12/h8-10H,4-7H2,1-3H3/t9-,10+/m0/s1. The van der Waals surface area contributed by atoms with E-state index in [0.717, 1.165) is 6.42 Å². The lowest BCUT2D eigenvalue weighted by Crippen LogP contribution is -2.25. The Labute approximate surface area is 80.7 Å². The summed E-state index contributed by atoms with van der Waals surface area (Å²) >= 11 is 0. The van der Waals surface area contributed by atoms with Crippen LogP contribution >= 0.6 is 0 Å². The van der Waals surface area contributed by atoms with Crippen LogP contribution in [0.1, 0.15) is 46.5 Å². The molecule has 0 N–H and O–H groups in total. The number of carbonyl (C=O) groups is 1. The topological polar surface area (TPSA) is 26.3 Å². The molecule has 2 heteroatoms. The van der Waals surface area contributed by atoms with Gasteiger partial charge in [0.15, 0.2) is 0 Å². The van der Waals surface area contributed by atoms with E-state index in [0.29, 0.717) is 17.8 Å². The van der Waals surface area contributed by atoms with E-state index in [9.17, 15) is 4.79 Å². The van der Waals surface area contributed by atoms with Crippen LogP contribution in [-0.2, 0) is 9.53 Å². The molecule has 0 aromatic heterocycles. The minimum atomic E-state index is 0.134. The molecule has 1 fully saturated rings. The predicted molar refractivity (Wildman–Crippen MR) is 52.4 cm³/mol. The van der Waals surface area contributed by atoms with Gasteiger partial charge in [0.2, 0.25) is 0 Å². The van der Waals surface area contributed by atoms with E-state index >= 15 is 0 Å². The Morgan fingerprint density at radius 3 is 2.77 bits per heavy atom. The first-order chi connectivity index (χ1) is 6.05. The summed E-state index contributed by atoms with van der Waals surface area (Å²) in [6.07, 6.45) is 4.83. The van der Waals surface area contributed by atoms with Gasteiger partial charge in [-0.15, -0.1) is 0 Å². The maximum absolute atomic E-state index is 10.3. The first kappa shape index (κ1) is 10.6. The third kappa shape index (κ3) is 3.02. The average Bonchev–Trinajstić information content (AvgIpc) is 2.12. The molecule has 13 heavy (non-hydrogen) atoms. The van der Waals surface area contributed by atoms with Gasteiger partial charge in [-0.2, -0.15) is 0 Å². The molecule has 0 saturated heterocycles. The summed E-state index contributed by atoms with van der Waals surface area (Å²) in [5.74, 6) is 0.520. The molecule has 0 bridgehead atoms. The Morgan fingerprint density at radius 2 is 2.15 bits per heavy atom. The Morgan fingerprint density at radius 1 is 1.46 bits per heavy atom. The number of rotatable bonds is 2. The van der Waals surface area contributed by atoms with E-state index in [1.807, 2.05) is 0 Å². The highest BCUT2D eigenvalue weighted by atomic mass is 16.5. The van der Waals surface area contributed by atoms with E-state index in [1.54, 1.807) is 0 Å². The summed E-state index contributed by atoms with van der Waals surface area (Å²) in [5.41, 5.74) is 0.332. The quantitative estimate of drug-likeness (QED) is 0.487. The summed E-state index contributed by atoms with van der Waals surface area (Å²) in [6.45, 7) is 7.29. The van der Waals surface area contributed by atoms with E-state index in [4.69, 9.17) is 4.74 Å². The molecule has 1 saturated carbocycles. The zero-order valence-electron chi connectivity index (χ0n) is 8.88. The van der Waals surface area contributed by atoms with Crippen molar-refractivity contribution in [3.05, 3.63) is 0 Å². The Bertz CT molecular complexity index is 175. The number of hydrogen-bond acceptors (Lipinski definition) is 2. The van der Waals surface area contributed by atoms with Gasteiger partial charge in [-0.05, 0) is 30.6 Å². The van der Waals surface area contributed by atoms with Crippen LogP contribution in [0.2, 0.25) is 0 Å². The summed E-state index contributed by atoms with van der Waals surface area (Å²) < 4.78 is 5.13. The van der Waals surface area contributed by atoms with E-state index in [2.05, 4.69) is 20.8 Å². The lowest BCUT2D eigenvalue weighted by atomic mass is 9.83. The van der Waals surface area contributed by atoms with Crippen LogP contribution < -0.4 is 0 Å². The van der Waals surface area contributed by atoms with E-state index in [-0.39, 0.29) is 6.10 Å². The molecule has 2 nitrogen and oxygen atoms in total. The third-order valence-electron chi connectivity index (χ3n) is 3.13. The second-order valence-corrected chi connectivity index (χ2v) is 5.01. The zero-order valence-corrected chi connectivity index (χ0v) is 8.88. The Hall–Kier alpha value is -0.530. The molecule has 0 aromatic carbocycles. The fourth-order valence-electron chi connectivity index (χ4n) is 2.19. The number of ether oxygens (including phenoxy) is 1. The van der Waals surface area contributed by atoms with Gasteiger partial charge in [-0.3, -0.25) is 4.79 Å². The van der Waals surface area contributed by atoms with Gasteiger partial charge in [0, 0.05) is 0 Å². The van der Waals surface area contributed by atoms with E-state index < -0.39 is 0 Å². The minimum Gasteiger partial charge on any atom is -0.464 e. The molecule has 0 spiro atoms. The molecule has 76 valence electrons. The SMILES string of the molecule is C[C@H]1CCCC(C)(C)C[C@H]1OC=O. The first-order valence-electron chi connectivity index (χ1n) is 5.14. The molecule has 1 aliphatic carbocycles. The molecule has 0 unspecified atom stereocenters. The lowest BCUT2D eigenvalue weighted by molar-refractivity contribution is -0.137. The Kier molecular flexibility index (Phi) is 3.34. The summed E-state index contributed by atoms with van der Waals surface area (Å²) in [4.78, 5) is 10.3. The van der Waals surface area contributed by atoms with Crippen molar-refractivity contribution in [1.82, 2.24) is 0 Å². The van der Waals surface area contributed by atoms with Crippen LogP contribution in [0, 0.1) is 11.3 Å². The van der Waals surface area contributed by atoms with Crippen LogP contribution in [0.15, 0.2) is 0 Å². The van der Waals surface area contributed by atoms with Gasteiger partial charge < -0.3 is 4.74 Å². The maximum Gasteiger partial charge on any atom is 0.293 e. The Balaban J connectivity index is 2.61. The highest BCUT2D eigenvalue weighted by Gasteiger charge is 2.31. The van der Waals surface area contributed by atoms with Crippen molar-refractivity contribution >= 4 is 6.47 Å². The van der Waals surface area contributed by atoms with Gasteiger partial charge in [0.1, 0.15) is 6.10 Å². The minimum absolute atomic E-state index is 0.134. The van der Waals surface area contributed by atoms with Gasteiger partial charge in [-0.25, -0.2) is 0 Å². The van der Waals surface area contributed by atoms with Crippen molar-refractivity contribution in [2.24, 2.45) is 11.3 Å². The lowest BCUT2D eigenvalue weighted by Gasteiger charge is -2.27. The van der Waals surface area contributed by atoms with Crippen molar-refractivity contribution in [2.45, 2.75) is 52.6 Å². The number of carbonyl (C=O) groups excluding carboxylic acids is 1. The molecule has 1 aliphatic rings. The fourth-order valence-corrected chi connectivity index (χ4v) is 2.19. The van der Waals surface area contributed by atoms with E-state index in [1.165, 1.54) is 19.3 Å². The van der Waals surface area contributed by atoms with Crippen molar-refractivity contribution in [2.75, 3.05) is 0 Å². The van der Waals surface area contributed by atoms with Gasteiger partial charge >= 0.3 is 0 Å². The second-order valence-electron chi connectivity index (χ2n) is 5.01. The molecule has 0 radical (unpaired) electrons. The molecule has 0 aliphatic heterocycles. The average molecular weight is 184 g/mol.